The van der Waals surface area contributed by atoms with Gasteiger partial charge in [-0.3, -0.25) is 14.4 Å². The molecule has 8 nitrogen and oxygen atoms in total. The Morgan fingerprint density at radius 3 is 2.69 bits per heavy atom. The van der Waals surface area contributed by atoms with Gasteiger partial charge in [0.2, 0.25) is 11.9 Å². The van der Waals surface area contributed by atoms with Crippen LogP contribution in [-0.2, 0) is 6.54 Å². The Balaban J connectivity index is 1.41. The molecule has 2 aromatic carbocycles. The number of aliphatic imine (C=N–C) groups is 1. The molecule has 0 aliphatic carbocycles. The van der Waals surface area contributed by atoms with Crippen molar-refractivity contribution in [1.82, 2.24) is 19.8 Å². The van der Waals surface area contributed by atoms with Crippen LogP contribution in [0.3, 0.4) is 0 Å². The first-order valence-corrected chi connectivity index (χ1v) is 10.7. The van der Waals surface area contributed by atoms with Gasteiger partial charge in [0.1, 0.15) is 11.9 Å². The van der Waals surface area contributed by atoms with Gasteiger partial charge in [-0.2, -0.15) is 0 Å². The lowest BCUT2D eigenvalue weighted by Crippen LogP contribution is -2.57. The Kier molecular flexibility index (Phi) is 4.39. The second kappa shape index (κ2) is 7.42. The maximum absolute atomic E-state index is 5.54. The van der Waals surface area contributed by atoms with E-state index >= 15 is 0 Å². The van der Waals surface area contributed by atoms with Gasteiger partial charge in [0.05, 0.1) is 37.2 Å². The van der Waals surface area contributed by atoms with Crippen LogP contribution in [0.15, 0.2) is 76.3 Å². The number of aromatic nitrogens is 2. The molecule has 2 aromatic heterocycles. The standard InChI is InChI=1S/C24H25N7O/c1-28(2)18-11-9-17(10-12-18)22-27-23-25-15-29(14-19-6-5-13-32-19)16-30(23)24-26-20-7-3-4-8-21(20)31(22)24/h3-13,22H,14-16H2,1-2H3,(H,25,27). The molecule has 162 valence electrons. The van der Waals surface area contributed by atoms with Crippen LogP contribution < -0.4 is 15.1 Å². The fourth-order valence-electron chi connectivity index (χ4n) is 4.42. The zero-order valence-electron chi connectivity index (χ0n) is 18.1. The van der Waals surface area contributed by atoms with E-state index in [1.807, 2.05) is 18.2 Å². The number of hydrogen-bond donors (Lipinski definition) is 1. The van der Waals surface area contributed by atoms with Gasteiger partial charge in [0.15, 0.2) is 0 Å². The minimum Gasteiger partial charge on any atom is -0.468 e. The summed E-state index contributed by atoms with van der Waals surface area (Å²) in [6.07, 6.45) is 1.63. The molecule has 4 heterocycles. The Morgan fingerprint density at radius 1 is 1.06 bits per heavy atom. The number of fused-ring (bicyclic) bond motifs is 5. The third kappa shape index (κ3) is 3.11. The first-order valence-electron chi connectivity index (χ1n) is 10.7. The number of nitrogens with zero attached hydrogens (tertiary/aromatic N) is 6. The summed E-state index contributed by atoms with van der Waals surface area (Å²) in [6.45, 7) is 1.99. The third-order valence-corrected chi connectivity index (χ3v) is 6.04. The van der Waals surface area contributed by atoms with Crippen LogP contribution in [0.1, 0.15) is 17.5 Å². The Morgan fingerprint density at radius 2 is 1.91 bits per heavy atom. The molecule has 8 heteroatoms. The number of imidazole rings is 1. The fraction of sp³-hybridized carbons (Fsp3) is 0.250. The molecule has 2 aliphatic rings. The van der Waals surface area contributed by atoms with Crippen LogP contribution in [0, 0.1) is 0 Å². The van der Waals surface area contributed by atoms with Gasteiger partial charge < -0.3 is 14.6 Å². The van der Waals surface area contributed by atoms with Crippen LogP contribution in [0.5, 0.6) is 0 Å². The van der Waals surface area contributed by atoms with Gasteiger partial charge in [-0.25, -0.2) is 9.98 Å². The Labute approximate surface area is 186 Å². The quantitative estimate of drug-likeness (QED) is 0.538. The fourth-order valence-corrected chi connectivity index (χ4v) is 4.42. The van der Waals surface area contributed by atoms with Crippen molar-refractivity contribution in [2.24, 2.45) is 4.99 Å². The second-order valence-electron chi connectivity index (χ2n) is 8.40. The van der Waals surface area contributed by atoms with Crippen LogP contribution in [0.4, 0.5) is 11.6 Å². The number of anilines is 2. The lowest BCUT2D eigenvalue weighted by atomic mass is 10.1. The molecule has 0 radical (unpaired) electrons. The number of rotatable bonds is 4. The van der Waals surface area contributed by atoms with Gasteiger partial charge in [-0.15, -0.1) is 0 Å². The zero-order chi connectivity index (χ0) is 21.7. The average molecular weight is 428 g/mol. The first kappa shape index (κ1) is 18.9. The van der Waals surface area contributed by atoms with Crippen LogP contribution in [0.25, 0.3) is 11.0 Å². The number of nitrogens with one attached hydrogen (secondary N) is 1. The summed E-state index contributed by atoms with van der Waals surface area (Å²) in [4.78, 5) is 16.4. The summed E-state index contributed by atoms with van der Waals surface area (Å²) in [5, 5.41) is 3.67. The van der Waals surface area contributed by atoms with E-state index in [0.29, 0.717) is 19.9 Å². The molecule has 0 bridgehead atoms. The molecule has 32 heavy (non-hydrogen) atoms. The molecular weight excluding hydrogens is 402 g/mol. The molecule has 1 unspecified atom stereocenters. The van der Waals surface area contributed by atoms with Crippen molar-refractivity contribution < 1.29 is 4.42 Å². The molecule has 6 rings (SSSR count). The zero-order valence-corrected chi connectivity index (χ0v) is 18.1. The number of para-hydroxylation sites is 2. The molecule has 4 aromatic rings. The molecule has 0 fully saturated rings. The third-order valence-electron chi connectivity index (χ3n) is 6.04. The van der Waals surface area contributed by atoms with Gasteiger partial charge in [-0.05, 0) is 42.0 Å². The van der Waals surface area contributed by atoms with Crippen molar-refractivity contribution in [2.45, 2.75) is 12.7 Å². The van der Waals surface area contributed by atoms with Crippen LogP contribution >= 0.6 is 0 Å². The summed E-state index contributed by atoms with van der Waals surface area (Å²) in [7, 11) is 4.11. The molecule has 0 saturated carbocycles. The van der Waals surface area contributed by atoms with E-state index in [9.17, 15) is 0 Å². The molecule has 0 amide bonds. The van der Waals surface area contributed by atoms with E-state index in [1.54, 1.807) is 6.26 Å². The topological polar surface area (TPSA) is 65.1 Å². The highest BCUT2D eigenvalue weighted by molar-refractivity contribution is 5.98. The van der Waals surface area contributed by atoms with Crippen molar-refractivity contribution in [3.05, 3.63) is 78.3 Å². The summed E-state index contributed by atoms with van der Waals surface area (Å²) < 4.78 is 7.82. The van der Waals surface area contributed by atoms with Gasteiger partial charge in [0, 0.05) is 19.8 Å². The minimum absolute atomic E-state index is 0.0831. The van der Waals surface area contributed by atoms with E-state index < -0.39 is 0 Å². The van der Waals surface area contributed by atoms with Crippen molar-refractivity contribution in [2.75, 3.05) is 37.2 Å². The maximum Gasteiger partial charge on any atom is 0.216 e. The Hall–Kier alpha value is -3.78. The maximum atomic E-state index is 5.54. The monoisotopic (exact) mass is 427 g/mol. The van der Waals surface area contributed by atoms with Crippen molar-refractivity contribution in [1.29, 1.82) is 0 Å². The normalized spacial score (nSPS) is 18.1. The molecule has 0 saturated heterocycles. The summed E-state index contributed by atoms with van der Waals surface area (Å²) in [5.41, 5.74) is 4.41. The highest BCUT2D eigenvalue weighted by atomic mass is 16.3. The lowest BCUT2D eigenvalue weighted by molar-refractivity contribution is 0.243. The second-order valence-corrected chi connectivity index (χ2v) is 8.40. The SMILES string of the molecule is CN(C)c1ccc(C2NC3=NCN(Cc4ccco4)CN3c3nc4ccccc4n32)cc1. The average Bonchev–Trinajstić information content (AvgIpc) is 3.47. The Bertz CT molecular complexity index is 1270. The summed E-state index contributed by atoms with van der Waals surface area (Å²) >= 11 is 0. The summed E-state index contributed by atoms with van der Waals surface area (Å²) in [6, 6.07) is 20.8. The van der Waals surface area contributed by atoms with E-state index in [1.165, 1.54) is 11.3 Å². The van der Waals surface area contributed by atoms with Gasteiger partial charge >= 0.3 is 0 Å². The molecule has 1 atom stereocenters. The van der Waals surface area contributed by atoms with Crippen molar-refractivity contribution in [3.63, 3.8) is 0 Å². The number of furan rings is 1. The first-order chi connectivity index (χ1) is 15.7. The van der Waals surface area contributed by atoms with E-state index in [4.69, 9.17) is 14.4 Å². The summed E-state index contributed by atoms with van der Waals surface area (Å²) in [5.74, 6) is 2.68. The predicted molar refractivity (Wildman–Crippen MR) is 126 cm³/mol. The number of benzene rings is 2. The minimum atomic E-state index is -0.0831. The van der Waals surface area contributed by atoms with E-state index in [2.05, 4.69) is 81.1 Å². The number of guanidine groups is 1. The molecule has 1 N–H and O–H groups in total. The number of hydrogen-bond acceptors (Lipinski definition) is 7. The van der Waals surface area contributed by atoms with Gasteiger partial charge in [-0.1, -0.05) is 24.3 Å². The molecular formula is C24H25N7O. The van der Waals surface area contributed by atoms with Crippen molar-refractivity contribution >= 4 is 28.6 Å². The van der Waals surface area contributed by atoms with Crippen LogP contribution in [0.2, 0.25) is 0 Å². The van der Waals surface area contributed by atoms with Gasteiger partial charge in [0.25, 0.3) is 0 Å². The predicted octanol–water partition coefficient (Wildman–Crippen LogP) is 3.44. The lowest BCUT2D eigenvalue weighted by Gasteiger charge is -2.41. The highest BCUT2D eigenvalue weighted by Crippen LogP contribution is 2.34. The highest BCUT2D eigenvalue weighted by Gasteiger charge is 2.35. The van der Waals surface area contributed by atoms with Crippen LogP contribution in [-0.4, -0.2) is 47.8 Å². The molecule has 2 aliphatic heterocycles. The molecule has 0 spiro atoms. The smallest absolute Gasteiger partial charge is 0.216 e. The van der Waals surface area contributed by atoms with Crippen molar-refractivity contribution in [3.8, 4) is 0 Å². The largest absolute Gasteiger partial charge is 0.468 e. The van der Waals surface area contributed by atoms with E-state index in [-0.39, 0.29) is 6.17 Å². The van der Waals surface area contributed by atoms with E-state index in [0.717, 1.165) is 28.7 Å².